The number of terminal acetylenes is 1. The molecule has 0 saturated carbocycles. The van der Waals surface area contributed by atoms with Crippen molar-refractivity contribution in [3.8, 4) is 12.3 Å². The molecular formula is C18H15BrFN3O3S. The molecule has 0 bridgehead atoms. The molecule has 140 valence electrons. The summed E-state index contributed by atoms with van der Waals surface area (Å²) < 4.78 is 39.6. The number of anilines is 1. The van der Waals surface area contributed by atoms with Gasteiger partial charge in [-0.15, -0.1) is 6.42 Å². The van der Waals surface area contributed by atoms with E-state index < -0.39 is 15.8 Å². The SMILES string of the molecule is C#Cc1cc(CNC(=O)C=Cc2ccc(Br)nc2)cc(F)c1NS(C)(=O)=O. The maximum absolute atomic E-state index is 14.2. The van der Waals surface area contributed by atoms with Crippen molar-refractivity contribution in [3.63, 3.8) is 0 Å². The second kappa shape index (κ2) is 8.79. The highest BCUT2D eigenvalue weighted by atomic mass is 79.9. The Balaban J connectivity index is 2.07. The van der Waals surface area contributed by atoms with E-state index >= 15 is 0 Å². The fourth-order valence-electron chi connectivity index (χ4n) is 2.07. The molecule has 1 aromatic heterocycles. The van der Waals surface area contributed by atoms with E-state index in [1.807, 2.05) is 0 Å². The molecule has 1 heterocycles. The van der Waals surface area contributed by atoms with Crippen LogP contribution in [0.2, 0.25) is 0 Å². The van der Waals surface area contributed by atoms with Gasteiger partial charge >= 0.3 is 0 Å². The van der Waals surface area contributed by atoms with Crippen LogP contribution in [-0.4, -0.2) is 25.6 Å². The van der Waals surface area contributed by atoms with Crippen LogP contribution in [0.1, 0.15) is 16.7 Å². The molecule has 0 aliphatic rings. The summed E-state index contributed by atoms with van der Waals surface area (Å²) in [5.41, 5.74) is 0.885. The number of benzene rings is 1. The zero-order valence-electron chi connectivity index (χ0n) is 14.2. The Hall–Kier alpha value is -2.70. The summed E-state index contributed by atoms with van der Waals surface area (Å²) in [6.07, 6.45) is 10.7. The molecule has 0 spiro atoms. The van der Waals surface area contributed by atoms with E-state index in [4.69, 9.17) is 6.42 Å². The fraction of sp³-hybridized carbons (Fsp3) is 0.111. The number of hydrogen-bond acceptors (Lipinski definition) is 4. The van der Waals surface area contributed by atoms with Gasteiger partial charge in [-0.2, -0.15) is 0 Å². The standard InChI is InChI=1S/C18H15BrFN3O3S/c1-3-14-8-13(9-15(20)18(14)23-27(2,25)26)11-22-17(24)7-5-12-4-6-16(19)21-10-12/h1,4-10,23H,11H2,2H3,(H,22,24). The van der Waals surface area contributed by atoms with Crippen molar-refractivity contribution in [1.82, 2.24) is 10.3 Å². The second-order valence-electron chi connectivity index (χ2n) is 5.48. The van der Waals surface area contributed by atoms with Crippen LogP contribution in [-0.2, 0) is 21.4 Å². The Morgan fingerprint density at radius 2 is 2.15 bits per heavy atom. The second-order valence-corrected chi connectivity index (χ2v) is 8.05. The lowest BCUT2D eigenvalue weighted by Crippen LogP contribution is -2.20. The molecule has 27 heavy (non-hydrogen) atoms. The molecule has 2 aromatic rings. The number of nitrogens with one attached hydrogen (secondary N) is 2. The monoisotopic (exact) mass is 451 g/mol. The van der Waals surface area contributed by atoms with Crippen LogP contribution in [0.3, 0.4) is 0 Å². The Labute approximate surface area is 165 Å². The van der Waals surface area contributed by atoms with Crippen molar-refractivity contribution in [2.24, 2.45) is 0 Å². The average Bonchev–Trinajstić information content (AvgIpc) is 2.60. The quantitative estimate of drug-likeness (QED) is 0.401. The topological polar surface area (TPSA) is 88.2 Å². The fourth-order valence-corrected chi connectivity index (χ4v) is 2.89. The van der Waals surface area contributed by atoms with E-state index in [1.54, 1.807) is 24.4 Å². The molecule has 1 aromatic carbocycles. The highest BCUT2D eigenvalue weighted by Crippen LogP contribution is 2.22. The minimum atomic E-state index is -3.68. The summed E-state index contributed by atoms with van der Waals surface area (Å²) in [5, 5.41) is 2.60. The summed E-state index contributed by atoms with van der Waals surface area (Å²) in [7, 11) is -3.68. The first kappa shape index (κ1) is 20.6. The lowest BCUT2D eigenvalue weighted by atomic mass is 10.1. The van der Waals surface area contributed by atoms with Crippen molar-refractivity contribution in [1.29, 1.82) is 0 Å². The van der Waals surface area contributed by atoms with Gasteiger partial charge in [0, 0.05) is 18.8 Å². The van der Waals surface area contributed by atoms with Gasteiger partial charge in [-0.25, -0.2) is 17.8 Å². The first-order chi connectivity index (χ1) is 12.7. The van der Waals surface area contributed by atoms with Crippen LogP contribution in [0.25, 0.3) is 6.08 Å². The van der Waals surface area contributed by atoms with Gasteiger partial charge in [0.05, 0.1) is 17.5 Å². The number of rotatable bonds is 6. The molecular weight excluding hydrogens is 437 g/mol. The number of halogens is 2. The Morgan fingerprint density at radius 3 is 2.74 bits per heavy atom. The molecule has 0 aliphatic carbocycles. The van der Waals surface area contributed by atoms with Crippen molar-refractivity contribution >= 4 is 43.6 Å². The first-order valence-electron chi connectivity index (χ1n) is 7.52. The Bertz CT molecular complexity index is 1030. The van der Waals surface area contributed by atoms with E-state index in [0.717, 1.165) is 17.9 Å². The van der Waals surface area contributed by atoms with Gasteiger partial charge in [-0.1, -0.05) is 12.0 Å². The predicted molar refractivity (Wildman–Crippen MR) is 106 cm³/mol. The minimum Gasteiger partial charge on any atom is -0.348 e. The smallest absolute Gasteiger partial charge is 0.244 e. The molecule has 9 heteroatoms. The highest BCUT2D eigenvalue weighted by molar-refractivity contribution is 9.10. The summed E-state index contributed by atoms with van der Waals surface area (Å²) in [5.74, 6) is 1.02. The third-order valence-corrected chi connectivity index (χ3v) is 4.28. The third-order valence-electron chi connectivity index (χ3n) is 3.24. The van der Waals surface area contributed by atoms with Crippen LogP contribution >= 0.6 is 15.9 Å². The number of aromatic nitrogens is 1. The van der Waals surface area contributed by atoms with E-state index in [9.17, 15) is 17.6 Å². The largest absolute Gasteiger partial charge is 0.348 e. The van der Waals surface area contributed by atoms with Crippen LogP contribution in [0.4, 0.5) is 10.1 Å². The van der Waals surface area contributed by atoms with E-state index in [2.05, 4.69) is 36.9 Å². The van der Waals surface area contributed by atoms with Crippen LogP contribution in [0.15, 0.2) is 41.1 Å². The Morgan fingerprint density at radius 1 is 1.41 bits per heavy atom. The van der Waals surface area contributed by atoms with Crippen LogP contribution in [0, 0.1) is 18.2 Å². The average molecular weight is 452 g/mol. The molecule has 6 nitrogen and oxygen atoms in total. The normalized spacial score (nSPS) is 11.2. The summed E-state index contributed by atoms with van der Waals surface area (Å²) >= 11 is 3.22. The van der Waals surface area contributed by atoms with Crippen molar-refractivity contribution in [3.05, 3.63) is 63.6 Å². The first-order valence-corrected chi connectivity index (χ1v) is 10.2. The number of amides is 1. The molecule has 2 rings (SSSR count). The molecule has 0 radical (unpaired) electrons. The zero-order chi connectivity index (χ0) is 20.0. The molecule has 0 atom stereocenters. The lowest BCUT2D eigenvalue weighted by Gasteiger charge is -2.11. The maximum atomic E-state index is 14.2. The van der Waals surface area contributed by atoms with Gasteiger partial charge in [0.1, 0.15) is 10.4 Å². The molecule has 0 fully saturated rings. The number of hydrogen-bond donors (Lipinski definition) is 2. The minimum absolute atomic E-state index is 0.0204. The van der Waals surface area contributed by atoms with E-state index in [1.165, 1.54) is 12.1 Å². The van der Waals surface area contributed by atoms with Gasteiger partial charge in [0.25, 0.3) is 0 Å². The zero-order valence-corrected chi connectivity index (χ0v) is 16.6. The maximum Gasteiger partial charge on any atom is 0.244 e. The number of nitrogens with zero attached hydrogens (tertiary/aromatic N) is 1. The van der Waals surface area contributed by atoms with Crippen molar-refractivity contribution < 1.29 is 17.6 Å². The molecule has 0 saturated heterocycles. The summed E-state index contributed by atoms with van der Waals surface area (Å²) in [4.78, 5) is 15.9. The van der Waals surface area contributed by atoms with Gasteiger partial charge in [0.15, 0.2) is 0 Å². The number of pyridine rings is 1. The molecule has 0 aliphatic heterocycles. The summed E-state index contributed by atoms with van der Waals surface area (Å²) in [6.45, 7) is 0.0204. The number of carbonyl (C=O) groups excluding carboxylic acids is 1. The third kappa shape index (κ3) is 6.51. The van der Waals surface area contributed by atoms with Crippen LogP contribution in [0.5, 0.6) is 0 Å². The van der Waals surface area contributed by atoms with Crippen LogP contribution < -0.4 is 10.0 Å². The number of sulfonamides is 1. The summed E-state index contributed by atoms with van der Waals surface area (Å²) in [6, 6.07) is 6.06. The van der Waals surface area contributed by atoms with E-state index in [0.29, 0.717) is 10.2 Å². The lowest BCUT2D eigenvalue weighted by molar-refractivity contribution is -0.116. The van der Waals surface area contributed by atoms with Gasteiger partial charge in [0.2, 0.25) is 15.9 Å². The van der Waals surface area contributed by atoms with Crippen molar-refractivity contribution in [2.45, 2.75) is 6.54 Å². The number of carbonyl (C=O) groups is 1. The predicted octanol–water partition coefficient (Wildman–Crippen LogP) is 2.67. The molecule has 2 N–H and O–H groups in total. The van der Waals surface area contributed by atoms with Gasteiger partial charge in [-0.05, 0) is 51.3 Å². The molecule has 1 amide bonds. The van der Waals surface area contributed by atoms with E-state index in [-0.39, 0.29) is 23.7 Å². The van der Waals surface area contributed by atoms with Gasteiger partial charge in [-0.3, -0.25) is 9.52 Å². The highest BCUT2D eigenvalue weighted by Gasteiger charge is 2.14. The van der Waals surface area contributed by atoms with Gasteiger partial charge < -0.3 is 5.32 Å². The Kier molecular flexibility index (Phi) is 6.71. The van der Waals surface area contributed by atoms with Crippen molar-refractivity contribution in [2.75, 3.05) is 11.0 Å². The molecule has 0 unspecified atom stereocenters.